The molecule has 0 saturated heterocycles. The number of benzene rings is 1. The molecule has 0 unspecified atom stereocenters. The summed E-state index contributed by atoms with van der Waals surface area (Å²) < 4.78 is 10.9. The molecule has 1 aromatic carbocycles. The largest absolute Gasteiger partial charge is 0.486 e. The Morgan fingerprint density at radius 1 is 1.29 bits per heavy atom. The van der Waals surface area contributed by atoms with E-state index in [4.69, 9.17) is 15.2 Å². The van der Waals surface area contributed by atoms with Crippen molar-refractivity contribution in [3.8, 4) is 11.5 Å². The lowest BCUT2D eigenvalue weighted by molar-refractivity contribution is 0.102. The molecule has 1 aromatic heterocycles. The highest BCUT2D eigenvalue weighted by atomic mass is 16.6. The number of aromatic nitrogens is 1. The molecule has 6 nitrogen and oxygen atoms in total. The molecule has 108 valence electrons. The maximum absolute atomic E-state index is 12.3. The Morgan fingerprint density at radius 3 is 2.71 bits per heavy atom. The molecule has 3 N–H and O–H groups in total. The fraction of sp³-hybridized carbons (Fsp3) is 0.200. The molecule has 21 heavy (non-hydrogen) atoms. The van der Waals surface area contributed by atoms with Crippen LogP contribution in [-0.4, -0.2) is 24.1 Å². The molecular weight excluding hydrogens is 270 g/mol. The normalized spacial score (nSPS) is 12.8. The summed E-state index contributed by atoms with van der Waals surface area (Å²) in [7, 11) is 0. The van der Waals surface area contributed by atoms with Crippen LogP contribution in [0.5, 0.6) is 11.5 Å². The van der Waals surface area contributed by atoms with Crippen LogP contribution in [0.15, 0.2) is 30.5 Å². The number of rotatable bonds is 2. The van der Waals surface area contributed by atoms with Crippen LogP contribution in [0.3, 0.4) is 0 Å². The first-order valence-electron chi connectivity index (χ1n) is 6.57. The fourth-order valence-electron chi connectivity index (χ4n) is 2.13. The average molecular weight is 285 g/mol. The van der Waals surface area contributed by atoms with E-state index in [0.717, 1.165) is 0 Å². The molecule has 0 bridgehead atoms. The van der Waals surface area contributed by atoms with E-state index in [2.05, 4.69) is 10.3 Å². The highest BCUT2D eigenvalue weighted by Crippen LogP contribution is 2.37. The number of nitrogens with zero attached hydrogens (tertiary/aromatic N) is 1. The first kappa shape index (κ1) is 13.2. The van der Waals surface area contributed by atoms with Crippen LogP contribution in [0.4, 0.5) is 11.4 Å². The molecule has 0 spiro atoms. The maximum atomic E-state index is 12.3. The number of carbonyl (C=O) groups excluding carboxylic acids is 1. The molecule has 0 radical (unpaired) electrons. The van der Waals surface area contributed by atoms with Crippen LogP contribution in [0, 0.1) is 6.92 Å². The highest BCUT2D eigenvalue weighted by Gasteiger charge is 2.17. The smallest absolute Gasteiger partial charge is 0.257 e. The lowest BCUT2D eigenvalue weighted by atomic mass is 10.1. The summed E-state index contributed by atoms with van der Waals surface area (Å²) in [6.45, 7) is 2.75. The third-order valence-electron chi connectivity index (χ3n) is 3.21. The average Bonchev–Trinajstić information content (AvgIpc) is 2.48. The van der Waals surface area contributed by atoms with Crippen molar-refractivity contribution < 1.29 is 14.3 Å². The van der Waals surface area contributed by atoms with Gasteiger partial charge < -0.3 is 20.5 Å². The van der Waals surface area contributed by atoms with Gasteiger partial charge in [-0.3, -0.25) is 9.78 Å². The fourth-order valence-corrected chi connectivity index (χ4v) is 2.13. The van der Waals surface area contributed by atoms with Crippen LogP contribution in [0.1, 0.15) is 16.1 Å². The predicted octanol–water partition coefficient (Wildman–Crippen LogP) is 2.00. The third-order valence-corrected chi connectivity index (χ3v) is 3.21. The van der Waals surface area contributed by atoms with Gasteiger partial charge in [0.25, 0.3) is 5.91 Å². The monoisotopic (exact) mass is 285 g/mol. The number of nitrogen functional groups attached to an aromatic ring is 1. The maximum Gasteiger partial charge on any atom is 0.257 e. The molecule has 1 aliphatic rings. The van der Waals surface area contributed by atoms with Gasteiger partial charge in [-0.25, -0.2) is 0 Å². The Kier molecular flexibility index (Phi) is 3.35. The first-order valence-corrected chi connectivity index (χ1v) is 6.57. The van der Waals surface area contributed by atoms with Gasteiger partial charge >= 0.3 is 0 Å². The van der Waals surface area contributed by atoms with Crippen molar-refractivity contribution >= 4 is 17.3 Å². The summed E-state index contributed by atoms with van der Waals surface area (Å²) in [5, 5.41) is 2.78. The second-order valence-corrected chi connectivity index (χ2v) is 4.67. The van der Waals surface area contributed by atoms with Crippen LogP contribution in [0.25, 0.3) is 0 Å². The van der Waals surface area contributed by atoms with Gasteiger partial charge in [0.2, 0.25) is 0 Å². The number of amides is 1. The summed E-state index contributed by atoms with van der Waals surface area (Å²) in [5.74, 6) is 0.909. The minimum Gasteiger partial charge on any atom is -0.486 e. The van der Waals surface area contributed by atoms with Crippen molar-refractivity contribution in [1.29, 1.82) is 0 Å². The Bertz CT molecular complexity index is 701. The van der Waals surface area contributed by atoms with Gasteiger partial charge in [-0.2, -0.15) is 0 Å². The lowest BCUT2D eigenvalue weighted by Crippen LogP contribution is -2.18. The van der Waals surface area contributed by atoms with Crippen LogP contribution in [0.2, 0.25) is 0 Å². The van der Waals surface area contributed by atoms with E-state index in [9.17, 15) is 4.79 Å². The zero-order valence-electron chi connectivity index (χ0n) is 11.6. The van der Waals surface area contributed by atoms with Crippen molar-refractivity contribution in [2.24, 2.45) is 0 Å². The van der Waals surface area contributed by atoms with Gasteiger partial charge in [-0.15, -0.1) is 0 Å². The predicted molar refractivity (Wildman–Crippen MR) is 78.8 cm³/mol. The van der Waals surface area contributed by atoms with Gasteiger partial charge in [0.05, 0.1) is 16.9 Å². The summed E-state index contributed by atoms with van der Waals surface area (Å²) in [5.41, 5.74) is 8.03. The third kappa shape index (κ3) is 2.60. The number of pyridine rings is 1. The molecule has 0 atom stereocenters. The van der Waals surface area contributed by atoms with E-state index in [-0.39, 0.29) is 5.91 Å². The number of fused-ring (bicyclic) bond motifs is 1. The summed E-state index contributed by atoms with van der Waals surface area (Å²) in [6, 6.07) is 6.76. The number of nitrogens with one attached hydrogen (secondary N) is 1. The van der Waals surface area contributed by atoms with E-state index in [1.54, 1.807) is 37.4 Å². The van der Waals surface area contributed by atoms with Crippen molar-refractivity contribution in [3.05, 3.63) is 41.7 Å². The van der Waals surface area contributed by atoms with E-state index in [1.165, 1.54) is 0 Å². The Labute approximate surface area is 121 Å². The number of nitrogens with two attached hydrogens (primary N) is 1. The molecule has 6 heteroatoms. The second-order valence-electron chi connectivity index (χ2n) is 4.67. The standard InChI is InChI=1S/C15H15N3O3/c1-9-10(3-2-4-17-9)15(19)18-12-8-14-13(7-11(12)16)20-5-6-21-14/h2-4,7-8H,5-6,16H2,1H3,(H,18,19). The molecular formula is C15H15N3O3. The molecule has 1 aliphatic heterocycles. The minimum absolute atomic E-state index is 0.260. The van der Waals surface area contributed by atoms with Crippen molar-refractivity contribution in [2.45, 2.75) is 6.92 Å². The van der Waals surface area contributed by atoms with Crippen molar-refractivity contribution in [1.82, 2.24) is 4.98 Å². The summed E-state index contributed by atoms with van der Waals surface area (Å²) >= 11 is 0. The number of hydrogen-bond donors (Lipinski definition) is 2. The van der Waals surface area contributed by atoms with Gasteiger partial charge in [0, 0.05) is 24.0 Å². The van der Waals surface area contributed by atoms with Gasteiger partial charge in [-0.05, 0) is 19.1 Å². The lowest BCUT2D eigenvalue weighted by Gasteiger charge is -2.20. The number of ether oxygens (including phenoxy) is 2. The van der Waals surface area contributed by atoms with E-state index >= 15 is 0 Å². The van der Waals surface area contributed by atoms with Crippen LogP contribution in [-0.2, 0) is 0 Å². The summed E-state index contributed by atoms with van der Waals surface area (Å²) in [4.78, 5) is 16.4. The number of carbonyl (C=O) groups is 1. The van der Waals surface area contributed by atoms with E-state index in [0.29, 0.717) is 47.3 Å². The van der Waals surface area contributed by atoms with Gasteiger partial charge in [-0.1, -0.05) is 0 Å². The quantitative estimate of drug-likeness (QED) is 0.824. The zero-order valence-corrected chi connectivity index (χ0v) is 11.6. The zero-order chi connectivity index (χ0) is 14.8. The molecule has 1 amide bonds. The molecule has 0 fully saturated rings. The first-order chi connectivity index (χ1) is 10.1. The molecule has 2 aromatic rings. The van der Waals surface area contributed by atoms with Gasteiger partial charge in [0.1, 0.15) is 13.2 Å². The van der Waals surface area contributed by atoms with Crippen molar-refractivity contribution in [2.75, 3.05) is 24.3 Å². The number of aryl methyl sites for hydroxylation is 1. The topological polar surface area (TPSA) is 86.5 Å². The minimum atomic E-state index is -0.260. The molecule has 0 saturated carbocycles. The van der Waals surface area contributed by atoms with Crippen LogP contribution >= 0.6 is 0 Å². The SMILES string of the molecule is Cc1ncccc1C(=O)Nc1cc2c(cc1N)OCCO2. The Balaban J connectivity index is 1.88. The van der Waals surface area contributed by atoms with Gasteiger partial charge in [0.15, 0.2) is 11.5 Å². The number of anilines is 2. The molecule has 2 heterocycles. The van der Waals surface area contributed by atoms with Crippen LogP contribution < -0.4 is 20.5 Å². The molecule has 3 rings (SSSR count). The highest BCUT2D eigenvalue weighted by molar-refractivity contribution is 6.06. The Hall–Kier alpha value is -2.76. The number of hydrogen-bond acceptors (Lipinski definition) is 5. The Morgan fingerprint density at radius 2 is 2.00 bits per heavy atom. The summed E-state index contributed by atoms with van der Waals surface area (Å²) in [6.07, 6.45) is 1.64. The second kappa shape index (κ2) is 5.32. The van der Waals surface area contributed by atoms with Crippen molar-refractivity contribution in [3.63, 3.8) is 0 Å². The van der Waals surface area contributed by atoms with E-state index in [1.807, 2.05) is 0 Å². The molecule has 0 aliphatic carbocycles. The van der Waals surface area contributed by atoms with E-state index < -0.39 is 0 Å².